The summed E-state index contributed by atoms with van der Waals surface area (Å²) in [6.45, 7) is 10.7. The molecular formula is C32H44O6. The number of ether oxygens (including phenoxy) is 3. The van der Waals surface area contributed by atoms with Crippen molar-refractivity contribution in [3.8, 4) is 5.75 Å². The number of phenolic OH excluding ortho intramolecular Hbond substituents is 1. The minimum Gasteiger partial charge on any atom is -0.508 e. The lowest BCUT2D eigenvalue weighted by molar-refractivity contribution is -0.334. The van der Waals surface area contributed by atoms with Crippen LogP contribution in [-0.2, 0) is 14.2 Å². The van der Waals surface area contributed by atoms with Crippen molar-refractivity contribution in [1.29, 1.82) is 0 Å². The van der Waals surface area contributed by atoms with Gasteiger partial charge in [-0.2, -0.15) is 0 Å². The number of aliphatic hydroxyl groups is 1. The molecule has 38 heavy (non-hydrogen) atoms. The van der Waals surface area contributed by atoms with Gasteiger partial charge in [-0.15, -0.1) is 0 Å². The van der Waals surface area contributed by atoms with Crippen LogP contribution in [0.1, 0.15) is 94.1 Å². The summed E-state index contributed by atoms with van der Waals surface area (Å²) in [7, 11) is 0. The number of fused-ring (bicyclic) bond motifs is 1. The van der Waals surface area contributed by atoms with Gasteiger partial charge >= 0.3 is 5.97 Å². The Kier molecular flexibility index (Phi) is 9.17. The minimum atomic E-state index is -0.637. The van der Waals surface area contributed by atoms with E-state index in [-0.39, 0.29) is 30.5 Å². The monoisotopic (exact) mass is 524 g/mol. The van der Waals surface area contributed by atoms with Crippen LogP contribution in [0, 0.1) is 18.8 Å². The number of aryl methyl sites for hydroxylation is 1. The van der Waals surface area contributed by atoms with Crippen LogP contribution in [0.15, 0.2) is 42.0 Å². The third-order valence-electron chi connectivity index (χ3n) is 8.22. The molecule has 2 N–H and O–H groups in total. The number of rotatable bonds is 7. The van der Waals surface area contributed by atoms with E-state index in [2.05, 4.69) is 39.8 Å². The van der Waals surface area contributed by atoms with Crippen LogP contribution in [0.4, 0.5) is 0 Å². The Morgan fingerprint density at radius 1 is 1.26 bits per heavy atom. The zero-order valence-corrected chi connectivity index (χ0v) is 23.5. The lowest BCUT2D eigenvalue weighted by atomic mass is 9.85. The lowest BCUT2D eigenvalue weighted by Gasteiger charge is -2.49. The first kappa shape index (κ1) is 28.6. The molecule has 3 aliphatic rings. The molecule has 6 nitrogen and oxygen atoms in total. The van der Waals surface area contributed by atoms with Crippen LogP contribution in [-0.4, -0.2) is 46.9 Å². The Balaban J connectivity index is 1.33. The molecule has 2 saturated heterocycles. The molecule has 6 unspecified atom stereocenters. The van der Waals surface area contributed by atoms with Gasteiger partial charge in [0, 0.05) is 19.3 Å². The third-order valence-corrected chi connectivity index (χ3v) is 8.22. The molecule has 208 valence electrons. The molecule has 3 heterocycles. The Morgan fingerprint density at radius 3 is 2.82 bits per heavy atom. The number of allylic oxidation sites excluding steroid dienone is 4. The highest BCUT2D eigenvalue weighted by Gasteiger charge is 2.46. The molecule has 0 aliphatic carbocycles. The fourth-order valence-electron chi connectivity index (χ4n) is 6.02. The van der Waals surface area contributed by atoms with Crippen molar-refractivity contribution in [3.05, 3.63) is 58.7 Å². The molecule has 2 fully saturated rings. The molecule has 0 aromatic heterocycles. The van der Waals surface area contributed by atoms with Crippen LogP contribution in [0.25, 0.3) is 5.57 Å². The fraction of sp³-hybridized carbons (Fsp3) is 0.594. The molecule has 6 heteroatoms. The Morgan fingerprint density at radius 2 is 2.05 bits per heavy atom. The van der Waals surface area contributed by atoms with E-state index in [1.165, 1.54) is 5.57 Å². The van der Waals surface area contributed by atoms with Gasteiger partial charge in [-0.05, 0) is 80.2 Å². The predicted molar refractivity (Wildman–Crippen MR) is 149 cm³/mol. The summed E-state index contributed by atoms with van der Waals surface area (Å²) < 4.78 is 18.2. The lowest BCUT2D eigenvalue weighted by Crippen LogP contribution is -2.53. The van der Waals surface area contributed by atoms with Gasteiger partial charge in [0.2, 0.25) is 0 Å². The topological polar surface area (TPSA) is 85.2 Å². The molecule has 1 aromatic carbocycles. The highest BCUT2D eigenvalue weighted by molar-refractivity contribution is 5.99. The largest absolute Gasteiger partial charge is 0.508 e. The molecule has 6 atom stereocenters. The highest BCUT2D eigenvalue weighted by atomic mass is 16.7. The first-order valence-electron chi connectivity index (χ1n) is 14.2. The number of benzene rings is 1. The highest BCUT2D eigenvalue weighted by Crippen LogP contribution is 2.42. The number of aliphatic hydroxyl groups excluding tert-OH is 1. The second kappa shape index (κ2) is 12.2. The summed E-state index contributed by atoms with van der Waals surface area (Å²) in [5.41, 5.74) is 4.04. The summed E-state index contributed by atoms with van der Waals surface area (Å²) in [5, 5.41) is 20.7. The normalized spacial score (nSPS) is 32.0. The van der Waals surface area contributed by atoms with Crippen molar-refractivity contribution >= 4 is 11.5 Å². The maximum absolute atomic E-state index is 12.1. The first-order chi connectivity index (χ1) is 18.1. The summed E-state index contributed by atoms with van der Waals surface area (Å²) in [6, 6.07) is 3.33. The van der Waals surface area contributed by atoms with Gasteiger partial charge in [-0.1, -0.05) is 50.6 Å². The second-order valence-electron chi connectivity index (χ2n) is 11.6. The van der Waals surface area contributed by atoms with Gasteiger partial charge in [0.15, 0.2) is 5.79 Å². The summed E-state index contributed by atoms with van der Waals surface area (Å²) in [4.78, 5) is 12.1. The molecule has 0 bridgehead atoms. The maximum Gasteiger partial charge on any atom is 0.339 e. The molecular weight excluding hydrogens is 480 g/mol. The second-order valence-corrected chi connectivity index (χ2v) is 11.6. The quantitative estimate of drug-likeness (QED) is 0.307. The van der Waals surface area contributed by atoms with Gasteiger partial charge in [-0.25, -0.2) is 4.79 Å². The van der Waals surface area contributed by atoms with Crippen LogP contribution in [0.3, 0.4) is 0 Å². The van der Waals surface area contributed by atoms with E-state index in [1.54, 1.807) is 19.1 Å². The number of aromatic hydroxyl groups is 1. The fourth-order valence-corrected chi connectivity index (χ4v) is 6.02. The number of carbonyl (C=O) groups excluding carboxylic acids is 1. The van der Waals surface area contributed by atoms with Gasteiger partial charge in [-0.3, -0.25) is 0 Å². The Labute approximate surface area is 227 Å². The van der Waals surface area contributed by atoms with Crippen molar-refractivity contribution in [1.82, 2.24) is 0 Å². The molecule has 4 rings (SSSR count). The zero-order valence-electron chi connectivity index (χ0n) is 23.5. The maximum atomic E-state index is 12.1. The van der Waals surface area contributed by atoms with Crippen LogP contribution >= 0.6 is 0 Å². The van der Waals surface area contributed by atoms with Crippen LogP contribution < -0.4 is 0 Å². The summed E-state index contributed by atoms with van der Waals surface area (Å²) in [6.07, 6.45) is 13.9. The van der Waals surface area contributed by atoms with Crippen molar-refractivity contribution in [2.45, 2.75) is 104 Å². The van der Waals surface area contributed by atoms with Crippen molar-refractivity contribution < 1.29 is 29.2 Å². The SMILES string of the molecule is CCC1OC2(CCC1C)CC(O)CC(CC=C(C)CC(C)C=CC=C1COC(=O)c3cc(C)c(O)cc31)O2. The number of phenols is 1. The molecule has 0 saturated carbocycles. The Bertz CT molecular complexity index is 1100. The van der Waals surface area contributed by atoms with Gasteiger partial charge in [0.05, 0.1) is 23.9 Å². The van der Waals surface area contributed by atoms with Crippen molar-refractivity contribution in [3.63, 3.8) is 0 Å². The van der Waals surface area contributed by atoms with Gasteiger partial charge in [0.1, 0.15) is 12.4 Å². The molecule has 3 aliphatic heterocycles. The van der Waals surface area contributed by atoms with Gasteiger partial charge in [0.25, 0.3) is 0 Å². The number of carbonyl (C=O) groups is 1. The number of hydrogen-bond acceptors (Lipinski definition) is 6. The van der Waals surface area contributed by atoms with E-state index in [0.717, 1.165) is 43.2 Å². The van der Waals surface area contributed by atoms with E-state index in [9.17, 15) is 15.0 Å². The van der Waals surface area contributed by atoms with Crippen molar-refractivity contribution in [2.24, 2.45) is 11.8 Å². The molecule has 0 radical (unpaired) electrons. The number of esters is 1. The van der Waals surface area contributed by atoms with Gasteiger partial charge < -0.3 is 24.4 Å². The summed E-state index contributed by atoms with van der Waals surface area (Å²) in [5.74, 6) is 0.0322. The number of hydrogen-bond donors (Lipinski definition) is 2. The first-order valence-corrected chi connectivity index (χ1v) is 14.2. The van der Waals surface area contributed by atoms with E-state index < -0.39 is 11.9 Å². The van der Waals surface area contributed by atoms with E-state index in [1.807, 2.05) is 12.2 Å². The summed E-state index contributed by atoms with van der Waals surface area (Å²) >= 11 is 0. The zero-order chi connectivity index (χ0) is 27.4. The Hall–Kier alpha value is -2.41. The average molecular weight is 525 g/mol. The average Bonchev–Trinajstić information content (AvgIpc) is 2.86. The molecule has 1 spiro atoms. The third kappa shape index (κ3) is 6.77. The predicted octanol–water partition coefficient (Wildman–Crippen LogP) is 6.63. The van der Waals surface area contributed by atoms with E-state index in [4.69, 9.17) is 14.2 Å². The molecule has 0 amide bonds. The molecule has 1 aromatic rings. The van der Waals surface area contributed by atoms with Crippen LogP contribution in [0.2, 0.25) is 0 Å². The van der Waals surface area contributed by atoms with E-state index in [0.29, 0.717) is 35.8 Å². The van der Waals surface area contributed by atoms with Crippen molar-refractivity contribution in [2.75, 3.05) is 6.61 Å². The standard InChI is InChI=1S/C32H44O6/c1-6-30-22(4)12-13-32(38-30)18-25(33)16-26(37-32)11-10-21(3)14-20(2)8-7-9-24-19-36-31(35)28-15-23(5)29(34)17-27(24)28/h7-10,15,17,20,22,25-26,30,33-34H,6,11-14,16,18-19H2,1-5H3. The smallest absolute Gasteiger partial charge is 0.339 e. The minimum absolute atomic E-state index is 0.0377. The van der Waals surface area contributed by atoms with Crippen LogP contribution in [0.5, 0.6) is 5.75 Å². The van der Waals surface area contributed by atoms with E-state index >= 15 is 0 Å². The number of cyclic esters (lactones) is 1.